The molecule has 1 unspecified atom stereocenters. The van der Waals surface area contributed by atoms with E-state index >= 15 is 0 Å². The van der Waals surface area contributed by atoms with E-state index in [9.17, 15) is 5.11 Å². The number of aromatic nitrogens is 1. The van der Waals surface area contributed by atoms with Crippen molar-refractivity contribution in [1.82, 2.24) is 4.98 Å². The normalized spacial score (nSPS) is 12.6. The predicted molar refractivity (Wildman–Crippen MR) is 80.3 cm³/mol. The van der Waals surface area contributed by atoms with Gasteiger partial charge in [0.25, 0.3) is 0 Å². The number of anilines is 2. The lowest BCUT2D eigenvalue weighted by Gasteiger charge is -2.14. The average Bonchev–Trinajstić information content (AvgIpc) is 2.37. The zero-order valence-corrected chi connectivity index (χ0v) is 11.5. The third-order valence-electron chi connectivity index (χ3n) is 3.11. The Bertz CT molecular complexity index is 569. The first-order valence-corrected chi connectivity index (χ1v) is 6.69. The van der Waals surface area contributed by atoms with Gasteiger partial charge < -0.3 is 16.2 Å². The number of pyridine rings is 1. The highest BCUT2D eigenvalue weighted by atomic mass is 16.3. The van der Waals surface area contributed by atoms with E-state index in [0.29, 0.717) is 6.54 Å². The molecule has 0 aliphatic carbocycles. The number of benzene rings is 1. The monoisotopic (exact) mass is 259 g/mol. The lowest BCUT2D eigenvalue weighted by molar-refractivity contribution is 0.176. The highest BCUT2D eigenvalue weighted by molar-refractivity contribution is 5.93. The molecule has 0 spiro atoms. The number of hydrogen-bond donors (Lipinski definition) is 3. The molecule has 1 aromatic carbocycles. The Kier molecular flexibility index (Phi) is 4.22. The van der Waals surface area contributed by atoms with E-state index < -0.39 is 0 Å². The molecule has 1 atom stereocenters. The summed E-state index contributed by atoms with van der Waals surface area (Å²) in [6.07, 6.45) is 1.46. The predicted octanol–water partition coefficient (Wildman–Crippen LogP) is 2.70. The minimum atomic E-state index is -0.324. The number of rotatable bonds is 5. The third-order valence-corrected chi connectivity index (χ3v) is 3.11. The van der Waals surface area contributed by atoms with E-state index in [2.05, 4.69) is 17.2 Å². The average molecular weight is 259 g/mol. The molecule has 0 bridgehead atoms. The summed E-state index contributed by atoms with van der Waals surface area (Å²) in [5.74, 6) is 0. The van der Waals surface area contributed by atoms with Gasteiger partial charge in [-0.3, -0.25) is 4.98 Å². The van der Waals surface area contributed by atoms with Crippen LogP contribution in [-0.2, 0) is 0 Å². The van der Waals surface area contributed by atoms with Crippen molar-refractivity contribution in [3.05, 3.63) is 30.0 Å². The molecule has 19 heavy (non-hydrogen) atoms. The highest BCUT2D eigenvalue weighted by Gasteiger charge is 2.07. The summed E-state index contributed by atoms with van der Waals surface area (Å²) in [4.78, 5) is 4.48. The smallest absolute Gasteiger partial charge is 0.0727 e. The number of nitrogens with one attached hydrogen (secondary N) is 1. The minimum absolute atomic E-state index is 0.324. The van der Waals surface area contributed by atoms with E-state index in [-0.39, 0.29) is 6.10 Å². The molecule has 0 radical (unpaired) electrons. The largest absolute Gasteiger partial charge is 0.399 e. The summed E-state index contributed by atoms with van der Waals surface area (Å²) >= 11 is 0. The second kappa shape index (κ2) is 5.89. The van der Waals surface area contributed by atoms with Crippen LogP contribution in [0.4, 0.5) is 11.4 Å². The van der Waals surface area contributed by atoms with Crippen LogP contribution in [0.5, 0.6) is 0 Å². The number of nitrogen functional groups attached to an aromatic ring is 1. The van der Waals surface area contributed by atoms with E-state index in [1.807, 2.05) is 31.2 Å². The SMILES string of the molecule is CCCC(O)CNc1cc(C)nc2ccc(N)cc12. The minimum Gasteiger partial charge on any atom is -0.399 e. The molecule has 4 N–H and O–H groups in total. The van der Waals surface area contributed by atoms with Gasteiger partial charge in [0.05, 0.1) is 11.6 Å². The zero-order chi connectivity index (χ0) is 13.8. The van der Waals surface area contributed by atoms with Crippen molar-refractivity contribution in [3.63, 3.8) is 0 Å². The zero-order valence-electron chi connectivity index (χ0n) is 11.5. The number of aliphatic hydroxyl groups excluding tert-OH is 1. The van der Waals surface area contributed by atoms with Gasteiger partial charge in [0, 0.05) is 29.0 Å². The Morgan fingerprint density at radius 2 is 2.16 bits per heavy atom. The molecule has 4 heteroatoms. The van der Waals surface area contributed by atoms with E-state index in [4.69, 9.17) is 5.73 Å². The number of aliphatic hydroxyl groups is 1. The van der Waals surface area contributed by atoms with Gasteiger partial charge in [-0.25, -0.2) is 0 Å². The second-order valence-corrected chi connectivity index (χ2v) is 4.91. The lowest BCUT2D eigenvalue weighted by atomic mass is 10.1. The fourth-order valence-electron chi connectivity index (χ4n) is 2.19. The molecule has 0 amide bonds. The highest BCUT2D eigenvalue weighted by Crippen LogP contribution is 2.25. The molecule has 4 nitrogen and oxygen atoms in total. The van der Waals surface area contributed by atoms with E-state index in [1.54, 1.807) is 0 Å². The Morgan fingerprint density at radius 1 is 1.37 bits per heavy atom. The Hall–Kier alpha value is -1.81. The van der Waals surface area contributed by atoms with Gasteiger partial charge in [-0.15, -0.1) is 0 Å². The van der Waals surface area contributed by atoms with Crippen molar-refractivity contribution >= 4 is 22.3 Å². The molecule has 1 aromatic heterocycles. The second-order valence-electron chi connectivity index (χ2n) is 4.91. The van der Waals surface area contributed by atoms with Crippen LogP contribution in [0.2, 0.25) is 0 Å². The molecule has 2 rings (SSSR count). The van der Waals surface area contributed by atoms with Crippen molar-refractivity contribution in [2.75, 3.05) is 17.6 Å². The van der Waals surface area contributed by atoms with Crippen LogP contribution >= 0.6 is 0 Å². The van der Waals surface area contributed by atoms with Crippen LogP contribution in [0.3, 0.4) is 0 Å². The van der Waals surface area contributed by atoms with Crippen molar-refractivity contribution in [3.8, 4) is 0 Å². The van der Waals surface area contributed by atoms with Crippen LogP contribution in [0.25, 0.3) is 10.9 Å². The Morgan fingerprint density at radius 3 is 2.89 bits per heavy atom. The summed E-state index contributed by atoms with van der Waals surface area (Å²) in [6, 6.07) is 7.67. The third kappa shape index (κ3) is 3.35. The molecule has 0 saturated heterocycles. The van der Waals surface area contributed by atoms with Gasteiger partial charge in [0.15, 0.2) is 0 Å². The van der Waals surface area contributed by atoms with Crippen LogP contribution < -0.4 is 11.1 Å². The van der Waals surface area contributed by atoms with Gasteiger partial charge >= 0.3 is 0 Å². The van der Waals surface area contributed by atoms with Crippen LogP contribution in [0, 0.1) is 6.92 Å². The van der Waals surface area contributed by atoms with Gasteiger partial charge in [0.2, 0.25) is 0 Å². The van der Waals surface area contributed by atoms with E-state index in [1.165, 1.54) is 0 Å². The fourth-order valence-corrected chi connectivity index (χ4v) is 2.19. The molecule has 0 saturated carbocycles. The van der Waals surface area contributed by atoms with Gasteiger partial charge in [0.1, 0.15) is 0 Å². The summed E-state index contributed by atoms with van der Waals surface area (Å²) in [5.41, 5.74) is 9.39. The number of hydrogen-bond acceptors (Lipinski definition) is 4. The summed E-state index contributed by atoms with van der Waals surface area (Å²) in [7, 11) is 0. The van der Waals surface area contributed by atoms with Crippen molar-refractivity contribution in [2.45, 2.75) is 32.8 Å². The molecular formula is C15H21N3O. The van der Waals surface area contributed by atoms with Crippen molar-refractivity contribution in [1.29, 1.82) is 0 Å². The molecule has 2 aromatic rings. The molecular weight excluding hydrogens is 238 g/mol. The summed E-state index contributed by atoms with van der Waals surface area (Å²) in [6.45, 7) is 4.57. The van der Waals surface area contributed by atoms with Gasteiger partial charge in [-0.1, -0.05) is 13.3 Å². The first-order chi connectivity index (χ1) is 9.10. The fraction of sp³-hybridized carbons (Fsp3) is 0.400. The maximum atomic E-state index is 9.80. The number of fused-ring (bicyclic) bond motifs is 1. The maximum Gasteiger partial charge on any atom is 0.0727 e. The quantitative estimate of drug-likeness (QED) is 0.722. The topological polar surface area (TPSA) is 71.2 Å². The standard InChI is InChI=1S/C15H21N3O/c1-3-4-12(19)9-17-15-7-10(2)18-14-6-5-11(16)8-13(14)15/h5-8,12,19H,3-4,9,16H2,1-2H3,(H,17,18). The van der Waals surface area contributed by atoms with Crippen LogP contribution in [0.1, 0.15) is 25.5 Å². The molecule has 0 aliphatic heterocycles. The van der Waals surface area contributed by atoms with Crippen LogP contribution in [0.15, 0.2) is 24.3 Å². The first kappa shape index (κ1) is 13.6. The van der Waals surface area contributed by atoms with Crippen molar-refractivity contribution in [2.24, 2.45) is 0 Å². The Balaban J connectivity index is 2.28. The van der Waals surface area contributed by atoms with E-state index in [0.717, 1.165) is 40.8 Å². The van der Waals surface area contributed by atoms with Gasteiger partial charge in [-0.2, -0.15) is 0 Å². The lowest BCUT2D eigenvalue weighted by Crippen LogP contribution is -2.19. The molecule has 102 valence electrons. The first-order valence-electron chi connectivity index (χ1n) is 6.69. The molecule has 1 heterocycles. The number of nitrogens with zero attached hydrogens (tertiary/aromatic N) is 1. The Labute approximate surface area is 113 Å². The number of aryl methyl sites for hydroxylation is 1. The van der Waals surface area contributed by atoms with Gasteiger partial charge in [-0.05, 0) is 37.6 Å². The molecule has 0 aliphatic rings. The van der Waals surface area contributed by atoms with Crippen LogP contribution in [-0.4, -0.2) is 22.7 Å². The van der Waals surface area contributed by atoms with Crippen molar-refractivity contribution < 1.29 is 5.11 Å². The molecule has 0 fully saturated rings. The maximum absolute atomic E-state index is 9.80. The summed E-state index contributed by atoms with van der Waals surface area (Å²) in [5, 5.41) is 14.1. The number of nitrogens with two attached hydrogens (primary N) is 1. The summed E-state index contributed by atoms with van der Waals surface area (Å²) < 4.78 is 0.